The van der Waals surface area contributed by atoms with Crippen molar-refractivity contribution < 1.29 is 14.3 Å². The SMILES string of the molecule is C[C@@H]1C[C@H](O[C@@H]2C=CC(=O)[C@@H](C)C2)C=CC1=O. The Balaban J connectivity index is 1.94. The highest BCUT2D eigenvalue weighted by molar-refractivity contribution is 5.93. The highest BCUT2D eigenvalue weighted by atomic mass is 16.5. The Morgan fingerprint density at radius 2 is 1.35 bits per heavy atom. The Morgan fingerprint density at radius 1 is 0.941 bits per heavy atom. The molecule has 0 aliphatic heterocycles. The molecule has 0 radical (unpaired) electrons. The van der Waals surface area contributed by atoms with Crippen LogP contribution in [0.5, 0.6) is 0 Å². The lowest BCUT2D eigenvalue weighted by molar-refractivity contribution is -0.120. The molecule has 0 amide bonds. The van der Waals surface area contributed by atoms with E-state index in [0.717, 1.165) is 12.8 Å². The second-order valence-electron chi connectivity index (χ2n) is 5.01. The molecule has 2 aliphatic carbocycles. The summed E-state index contributed by atoms with van der Waals surface area (Å²) in [5.41, 5.74) is 0. The molecule has 2 aliphatic rings. The third-order valence-corrected chi connectivity index (χ3v) is 3.44. The van der Waals surface area contributed by atoms with Crippen LogP contribution in [0, 0.1) is 11.8 Å². The van der Waals surface area contributed by atoms with Crippen molar-refractivity contribution in [2.75, 3.05) is 0 Å². The van der Waals surface area contributed by atoms with Crippen molar-refractivity contribution in [3.63, 3.8) is 0 Å². The summed E-state index contributed by atoms with van der Waals surface area (Å²) in [6.07, 6.45) is 8.36. The summed E-state index contributed by atoms with van der Waals surface area (Å²) in [7, 11) is 0. The van der Waals surface area contributed by atoms with Crippen molar-refractivity contribution in [2.24, 2.45) is 11.8 Å². The van der Waals surface area contributed by atoms with Crippen LogP contribution in [0.2, 0.25) is 0 Å². The van der Waals surface area contributed by atoms with E-state index >= 15 is 0 Å². The first-order valence-corrected chi connectivity index (χ1v) is 6.16. The second-order valence-corrected chi connectivity index (χ2v) is 5.01. The fourth-order valence-corrected chi connectivity index (χ4v) is 2.25. The Hall–Kier alpha value is -1.22. The lowest BCUT2D eigenvalue weighted by atomic mass is 9.91. The molecular formula is C14H18O3. The lowest BCUT2D eigenvalue weighted by Gasteiger charge is -2.28. The summed E-state index contributed by atoms with van der Waals surface area (Å²) >= 11 is 0. The zero-order valence-electron chi connectivity index (χ0n) is 10.3. The van der Waals surface area contributed by atoms with Gasteiger partial charge in [0.15, 0.2) is 11.6 Å². The van der Waals surface area contributed by atoms with Crippen molar-refractivity contribution in [3.8, 4) is 0 Å². The molecule has 0 aromatic rings. The van der Waals surface area contributed by atoms with Gasteiger partial charge in [-0.1, -0.05) is 26.0 Å². The second kappa shape index (κ2) is 4.96. The lowest BCUT2D eigenvalue weighted by Crippen LogP contribution is -2.30. The van der Waals surface area contributed by atoms with E-state index in [0.29, 0.717) is 0 Å². The van der Waals surface area contributed by atoms with Crippen LogP contribution < -0.4 is 0 Å². The summed E-state index contributed by atoms with van der Waals surface area (Å²) < 4.78 is 5.89. The Kier molecular flexibility index (Phi) is 3.57. The number of ketones is 2. The number of hydrogen-bond acceptors (Lipinski definition) is 3. The van der Waals surface area contributed by atoms with Crippen LogP contribution in [0.25, 0.3) is 0 Å². The van der Waals surface area contributed by atoms with Crippen LogP contribution in [0.4, 0.5) is 0 Å². The van der Waals surface area contributed by atoms with E-state index in [-0.39, 0.29) is 35.6 Å². The van der Waals surface area contributed by atoms with E-state index in [4.69, 9.17) is 4.74 Å². The molecule has 4 atom stereocenters. The average molecular weight is 234 g/mol. The molecule has 0 spiro atoms. The largest absolute Gasteiger partial charge is 0.367 e. The van der Waals surface area contributed by atoms with Crippen molar-refractivity contribution in [1.82, 2.24) is 0 Å². The first-order chi connectivity index (χ1) is 8.06. The normalized spacial score (nSPS) is 37.5. The maximum atomic E-state index is 11.3. The van der Waals surface area contributed by atoms with E-state index in [1.165, 1.54) is 0 Å². The molecule has 0 fully saturated rings. The first kappa shape index (κ1) is 12.2. The molecule has 0 saturated heterocycles. The molecule has 3 heteroatoms. The van der Waals surface area contributed by atoms with Crippen LogP contribution in [0.1, 0.15) is 26.7 Å². The fraction of sp³-hybridized carbons (Fsp3) is 0.571. The molecule has 92 valence electrons. The Morgan fingerprint density at radius 3 is 1.71 bits per heavy atom. The van der Waals surface area contributed by atoms with Crippen molar-refractivity contribution in [1.29, 1.82) is 0 Å². The van der Waals surface area contributed by atoms with Gasteiger partial charge >= 0.3 is 0 Å². The summed E-state index contributed by atoms with van der Waals surface area (Å²) in [6, 6.07) is 0. The number of allylic oxidation sites excluding steroid dienone is 2. The zero-order valence-corrected chi connectivity index (χ0v) is 10.3. The first-order valence-electron chi connectivity index (χ1n) is 6.16. The molecule has 17 heavy (non-hydrogen) atoms. The van der Waals surface area contributed by atoms with Crippen LogP contribution >= 0.6 is 0 Å². The molecule has 0 heterocycles. The molecule has 0 unspecified atom stereocenters. The number of rotatable bonds is 2. The van der Waals surface area contributed by atoms with E-state index in [1.54, 1.807) is 12.2 Å². The predicted octanol–water partition coefficient (Wildman–Crippen LogP) is 2.07. The smallest absolute Gasteiger partial charge is 0.158 e. The molecular weight excluding hydrogens is 216 g/mol. The molecule has 0 saturated carbocycles. The van der Waals surface area contributed by atoms with Gasteiger partial charge in [-0.3, -0.25) is 9.59 Å². The third kappa shape index (κ3) is 2.91. The molecule has 3 nitrogen and oxygen atoms in total. The number of hydrogen-bond donors (Lipinski definition) is 0. The number of carbonyl (C=O) groups is 2. The average Bonchev–Trinajstić information content (AvgIpc) is 2.29. The van der Waals surface area contributed by atoms with Gasteiger partial charge in [0, 0.05) is 11.8 Å². The van der Waals surface area contributed by atoms with Crippen LogP contribution in [-0.4, -0.2) is 23.8 Å². The molecule has 0 N–H and O–H groups in total. The zero-order chi connectivity index (χ0) is 12.4. The standard InChI is InChI=1S/C14H18O3/c1-9-7-11(3-5-13(9)15)17-12-4-6-14(16)10(2)8-12/h3-6,9-12H,7-8H2,1-2H3/t9-,10+,11-,12-/m1/s1. The number of ether oxygens (including phenoxy) is 1. The highest BCUT2D eigenvalue weighted by Crippen LogP contribution is 2.23. The third-order valence-electron chi connectivity index (χ3n) is 3.44. The van der Waals surface area contributed by atoms with E-state index < -0.39 is 0 Å². The van der Waals surface area contributed by atoms with Gasteiger partial charge in [-0.15, -0.1) is 0 Å². The van der Waals surface area contributed by atoms with E-state index in [9.17, 15) is 9.59 Å². The number of carbonyl (C=O) groups excluding carboxylic acids is 2. The minimum Gasteiger partial charge on any atom is -0.367 e. The van der Waals surface area contributed by atoms with Crippen molar-refractivity contribution in [2.45, 2.75) is 38.9 Å². The van der Waals surface area contributed by atoms with Gasteiger partial charge in [-0.25, -0.2) is 0 Å². The minimum absolute atomic E-state index is 0.00208. The topological polar surface area (TPSA) is 43.4 Å². The quantitative estimate of drug-likeness (QED) is 0.734. The molecule has 0 bridgehead atoms. The maximum absolute atomic E-state index is 11.3. The van der Waals surface area contributed by atoms with Gasteiger partial charge in [0.25, 0.3) is 0 Å². The maximum Gasteiger partial charge on any atom is 0.158 e. The predicted molar refractivity (Wildman–Crippen MR) is 64.5 cm³/mol. The van der Waals surface area contributed by atoms with Crippen LogP contribution in [-0.2, 0) is 14.3 Å². The van der Waals surface area contributed by atoms with Crippen molar-refractivity contribution in [3.05, 3.63) is 24.3 Å². The Bertz CT molecular complexity index is 345. The Labute approximate surface area is 102 Å². The fourth-order valence-electron chi connectivity index (χ4n) is 2.25. The minimum atomic E-state index is -0.00208. The molecule has 2 rings (SSSR count). The molecule has 0 aromatic heterocycles. The van der Waals surface area contributed by atoms with Crippen LogP contribution in [0.15, 0.2) is 24.3 Å². The van der Waals surface area contributed by atoms with Gasteiger partial charge < -0.3 is 4.74 Å². The monoisotopic (exact) mass is 234 g/mol. The van der Waals surface area contributed by atoms with Crippen molar-refractivity contribution >= 4 is 11.6 Å². The van der Waals surface area contributed by atoms with Gasteiger partial charge in [0.1, 0.15) is 0 Å². The van der Waals surface area contributed by atoms with Gasteiger partial charge in [0.2, 0.25) is 0 Å². The van der Waals surface area contributed by atoms with E-state index in [1.807, 2.05) is 26.0 Å². The van der Waals surface area contributed by atoms with Gasteiger partial charge in [-0.05, 0) is 25.0 Å². The summed E-state index contributed by atoms with van der Waals surface area (Å²) in [5.74, 6) is 0.424. The van der Waals surface area contributed by atoms with E-state index in [2.05, 4.69) is 0 Å². The summed E-state index contributed by atoms with van der Waals surface area (Å²) in [5, 5.41) is 0. The summed E-state index contributed by atoms with van der Waals surface area (Å²) in [6.45, 7) is 3.84. The van der Waals surface area contributed by atoms with Gasteiger partial charge in [0.05, 0.1) is 12.2 Å². The highest BCUT2D eigenvalue weighted by Gasteiger charge is 2.26. The summed E-state index contributed by atoms with van der Waals surface area (Å²) in [4.78, 5) is 22.7. The van der Waals surface area contributed by atoms with Gasteiger partial charge in [-0.2, -0.15) is 0 Å². The van der Waals surface area contributed by atoms with Crippen LogP contribution in [0.3, 0.4) is 0 Å². The molecule has 0 aromatic carbocycles.